The monoisotopic (exact) mass is 604 g/mol. The molecule has 0 aromatic heterocycles. The molecule has 2 amide bonds. The van der Waals surface area contributed by atoms with Gasteiger partial charge in [-0.15, -0.1) is 0 Å². The minimum absolute atomic E-state index is 0.00880. The fraction of sp³-hybridized carbons (Fsp3) is 0.528. The van der Waals surface area contributed by atoms with Crippen LogP contribution in [0.25, 0.3) is 0 Å². The summed E-state index contributed by atoms with van der Waals surface area (Å²) in [7, 11) is 0. The van der Waals surface area contributed by atoms with E-state index >= 15 is 0 Å². The molecule has 1 aliphatic carbocycles. The zero-order valence-corrected chi connectivity index (χ0v) is 25.8. The van der Waals surface area contributed by atoms with E-state index in [0.717, 1.165) is 36.1 Å². The van der Waals surface area contributed by atoms with Gasteiger partial charge in [-0.1, -0.05) is 86.7 Å². The van der Waals surface area contributed by atoms with Crippen molar-refractivity contribution in [3.05, 3.63) is 77.9 Å². The predicted octanol–water partition coefficient (Wildman–Crippen LogP) is 5.42. The number of aliphatic hydroxyl groups excluding tert-OH is 1. The Hall–Kier alpha value is -3.65. The maximum Gasteiger partial charge on any atom is 0.305 e. The third kappa shape index (κ3) is 11.8. The number of carbonyl (C=O) groups excluding carboxylic acids is 3. The number of aliphatic hydroxyl groups is 1. The summed E-state index contributed by atoms with van der Waals surface area (Å²) in [4.78, 5) is 38.9. The standard InChI is InChI=1S/C36H48N2O6/c39-24-31(21-28-17-19-33(20-18-28)43-25-29-13-7-4-8-14-29)37-34(40)23-30-15-9-1-2-10-16-35(41)44-26-32(38-36(30)42)22-27-11-5-3-6-12-27/h1,4,7-9,13-14,17-20,27,30-32,39H,2-3,5-6,10-12,15-16,21-26H2,(H,37,40)(H,38,42). The van der Waals surface area contributed by atoms with Gasteiger partial charge in [0.2, 0.25) is 11.8 Å². The van der Waals surface area contributed by atoms with Crippen molar-refractivity contribution in [2.45, 2.75) is 95.7 Å². The SMILES string of the molecule is O=C(CC1CC=CCCCC(=O)OCC(CC2CCCCC2)NC1=O)NC(CO)Cc1ccc(OCc2ccccc2)cc1. The van der Waals surface area contributed by atoms with Crippen LogP contribution in [0.15, 0.2) is 66.7 Å². The summed E-state index contributed by atoms with van der Waals surface area (Å²) in [5.41, 5.74) is 2.04. The molecular formula is C36H48N2O6. The van der Waals surface area contributed by atoms with Crippen LogP contribution in [-0.4, -0.2) is 48.2 Å². The number of amides is 2. The molecule has 8 nitrogen and oxygen atoms in total. The van der Waals surface area contributed by atoms with Gasteiger partial charge in [-0.2, -0.15) is 0 Å². The Balaban J connectivity index is 1.32. The van der Waals surface area contributed by atoms with Gasteiger partial charge in [0.05, 0.1) is 24.6 Å². The van der Waals surface area contributed by atoms with E-state index in [2.05, 4.69) is 10.6 Å². The third-order valence-electron chi connectivity index (χ3n) is 8.52. The molecule has 3 atom stereocenters. The summed E-state index contributed by atoms with van der Waals surface area (Å²) in [6.07, 6.45) is 13.2. The molecule has 238 valence electrons. The second-order valence-corrected chi connectivity index (χ2v) is 12.2. The van der Waals surface area contributed by atoms with E-state index in [1.165, 1.54) is 19.3 Å². The number of ether oxygens (including phenoxy) is 2. The van der Waals surface area contributed by atoms with Crippen LogP contribution in [0.1, 0.15) is 81.8 Å². The number of cyclic esters (lactones) is 1. The maximum absolute atomic E-state index is 13.5. The Morgan fingerprint density at radius 2 is 1.75 bits per heavy atom. The fourth-order valence-electron chi connectivity index (χ4n) is 6.02. The van der Waals surface area contributed by atoms with Crippen molar-refractivity contribution in [1.29, 1.82) is 0 Å². The lowest BCUT2D eigenvalue weighted by Gasteiger charge is -2.28. The van der Waals surface area contributed by atoms with Crippen LogP contribution >= 0.6 is 0 Å². The van der Waals surface area contributed by atoms with Crippen LogP contribution in [-0.2, 0) is 32.1 Å². The van der Waals surface area contributed by atoms with E-state index in [-0.39, 0.29) is 43.5 Å². The summed E-state index contributed by atoms with van der Waals surface area (Å²) in [5, 5.41) is 16.1. The van der Waals surface area contributed by atoms with Gasteiger partial charge < -0.3 is 25.2 Å². The minimum Gasteiger partial charge on any atom is -0.489 e. The van der Waals surface area contributed by atoms with E-state index in [9.17, 15) is 19.5 Å². The molecule has 1 saturated carbocycles. The van der Waals surface area contributed by atoms with Gasteiger partial charge in [-0.3, -0.25) is 14.4 Å². The molecule has 0 saturated heterocycles. The molecule has 2 aliphatic rings. The van der Waals surface area contributed by atoms with Crippen LogP contribution in [0, 0.1) is 11.8 Å². The molecule has 0 bridgehead atoms. The molecule has 1 fully saturated rings. The number of hydrogen-bond acceptors (Lipinski definition) is 6. The molecular weight excluding hydrogens is 556 g/mol. The topological polar surface area (TPSA) is 114 Å². The van der Waals surface area contributed by atoms with Crippen LogP contribution in [0.5, 0.6) is 5.75 Å². The van der Waals surface area contributed by atoms with E-state index in [1.54, 1.807) is 0 Å². The largest absolute Gasteiger partial charge is 0.489 e. The number of allylic oxidation sites excluding steroid dienone is 2. The first kappa shape index (κ1) is 33.2. The lowest BCUT2D eigenvalue weighted by molar-refractivity contribution is -0.145. The van der Waals surface area contributed by atoms with E-state index in [4.69, 9.17) is 9.47 Å². The Morgan fingerprint density at radius 1 is 0.977 bits per heavy atom. The Kier molecular flexibility index (Phi) is 13.8. The van der Waals surface area contributed by atoms with Gasteiger partial charge in [-0.25, -0.2) is 0 Å². The van der Waals surface area contributed by atoms with Crippen molar-refractivity contribution >= 4 is 17.8 Å². The molecule has 8 heteroatoms. The van der Waals surface area contributed by atoms with Gasteiger partial charge in [0, 0.05) is 12.8 Å². The molecule has 1 aliphatic heterocycles. The zero-order valence-electron chi connectivity index (χ0n) is 25.8. The first-order valence-corrected chi connectivity index (χ1v) is 16.3. The molecule has 3 N–H and O–H groups in total. The number of hydrogen-bond donors (Lipinski definition) is 3. The molecule has 2 aromatic carbocycles. The average Bonchev–Trinajstić information content (AvgIpc) is 3.05. The number of rotatable bonds is 11. The van der Waals surface area contributed by atoms with Crippen molar-refractivity contribution in [3.8, 4) is 5.75 Å². The van der Waals surface area contributed by atoms with Crippen LogP contribution in [0.3, 0.4) is 0 Å². The Morgan fingerprint density at radius 3 is 2.50 bits per heavy atom. The van der Waals surface area contributed by atoms with Crippen LogP contribution in [0.4, 0.5) is 0 Å². The molecule has 0 spiro atoms. The molecule has 1 heterocycles. The highest BCUT2D eigenvalue weighted by molar-refractivity contribution is 5.86. The maximum atomic E-state index is 13.5. The lowest BCUT2D eigenvalue weighted by atomic mass is 9.84. The van der Waals surface area contributed by atoms with Crippen LogP contribution < -0.4 is 15.4 Å². The van der Waals surface area contributed by atoms with Crippen molar-refractivity contribution in [1.82, 2.24) is 10.6 Å². The van der Waals surface area contributed by atoms with Crippen LogP contribution in [0.2, 0.25) is 0 Å². The van der Waals surface area contributed by atoms with Crippen molar-refractivity contribution < 1.29 is 29.0 Å². The Bertz CT molecular complexity index is 1190. The summed E-state index contributed by atoms with van der Waals surface area (Å²) in [6.45, 7) is 0.422. The Labute approximate surface area is 261 Å². The normalized spacial score (nSPS) is 21.1. The highest BCUT2D eigenvalue weighted by Crippen LogP contribution is 2.28. The van der Waals surface area contributed by atoms with Crippen molar-refractivity contribution in [2.75, 3.05) is 13.2 Å². The molecule has 44 heavy (non-hydrogen) atoms. The summed E-state index contributed by atoms with van der Waals surface area (Å²) >= 11 is 0. The summed E-state index contributed by atoms with van der Waals surface area (Å²) in [6, 6.07) is 16.8. The second kappa shape index (κ2) is 18.2. The number of carbonyl (C=O) groups is 3. The smallest absolute Gasteiger partial charge is 0.305 e. The van der Waals surface area contributed by atoms with Gasteiger partial charge in [0.25, 0.3) is 0 Å². The quantitative estimate of drug-likeness (QED) is 0.233. The number of esters is 1. The summed E-state index contributed by atoms with van der Waals surface area (Å²) < 4.78 is 11.4. The zero-order chi connectivity index (χ0) is 31.0. The highest BCUT2D eigenvalue weighted by Gasteiger charge is 2.27. The first-order valence-electron chi connectivity index (χ1n) is 16.3. The average molecular weight is 605 g/mol. The first-order chi connectivity index (χ1) is 21.5. The van der Waals surface area contributed by atoms with E-state index < -0.39 is 12.0 Å². The fourth-order valence-corrected chi connectivity index (χ4v) is 6.02. The van der Waals surface area contributed by atoms with E-state index in [1.807, 2.05) is 66.7 Å². The van der Waals surface area contributed by atoms with Gasteiger partial charge in [0.1, 0.15) is 19.0 Å². The third-order valence-corrected chi connectivity index (χ3v) is 8.52. The molecule has 2 aromatic rings. The minimum atomic E-state index is -0.558. The summed E-state index contributed by atoms with van der Waals surface area (Å²) in [5.74, 6) is -0.0266. The molecule has 0 radical (unpaired) electrons. The van der Waals surface area contributed by atoms with E-state index in [0.29, 0.717) is 44.6 Å². The van der Waals surface area contributed by atoms with Gasteiger partial charge >= 0.3 is 5.97 Å². The lowest BCUT2D eigenvalue weighted by Crippen LogP contribution is -2.45. The van der Waals surface area contributed by atoms with Crippen molar-refractivity contribution in [2.24, 2.45) is 11.8 Å². The second-order valence-electron chi connectivity index (χ2n) is 12.2. The van der Waals surface area contributed by atoms with Gasteiger partial charge in [0.15, 0.2) is 0 Å². The van der Waals surface area contributed by atoms with Crippen molar-refractivity contribution in [3.63, 3.8) is 0 Å². The predicted molar refractivity (Wildman–Crippen MR) is 170 cm³/mol. The highest BCUT2D eigenvalue weighted by atomic mass is 16.5. The molecule has 4 rings (SSSR count). The number of benzene rings is 2. The van der Waals surface area contributed by atoms with Gasteiger partial charge in [-0.05, 0) is 61.3 Å². The number of nitrogens with one attached hydrogen (secondary N) is 2. The molecule has 3 unspecified atom stereocenters.